The van der Waals surface area contributed by atoms with Crippen molar-refractivity contribution in [2.75, 3.05) is 4.72 Å². The van der Waals surface area contributed by atoms with Gasteiger partial charge >= 0.3 is 0 Å². The predicted molar refractivity (Wildman–Crippen MR) is 73.0 cm³/mol. The SMILES string of the molecule is Cc1cc(S(=O)(=O)Nc2c(CN)cnn2C)ccc1F. The molecule has 8 heteroatoms. The van der Waals surface area contributed by atoms with Crippen molar-refractivity contribution in [1.82, 2.24) is 9.78 Å². The molecular formula is C12H15FN4O2S. The van der Waals surface area contributed by atoms with E-state index in [-0.39, 0.29) is 17.0 Å². The van der Waals surface area contributed by atoms with E-state index in [1.54, 1.807) is 7.05 Å². The Morgan fingerprint density at radius 3 is 2.75 bits per heavy atom. The Hall–Kier alpha value is -1.93. The van der Waals surface area contributed by atoms with Crippen molar-refractivity contribution in [3.05, 3.63) is 41.3 Å². The quantitative estimate of drug-likeness (QED) is 0.885. The minimum absolute atomic E-state index is 0.0134. The van der Waals surface area contributed by atoms with E-state index in [0.29, 0.717) is 11.4 Å². The van der Waals surface area contributed by atoms with Crippen molar-refractivity contribution in [2.24, 2.45) is 12.8 Å². The van der Waals surface area contributed by atoms with Crippen molar-refractivity contribution in [3.8, 4) is 0 Å². The van der Waals surface area contributed by atoms with E-state index in [2.05, 4.69) is 9.82 Å². The van der Waals surface area contributed by atoms with Gasteiger partial charge in [-0.2, -0.15) is 5.10 Å². The number of nitrogens with zero attached hydrogens (tertiary/aromatic N) is 2. The first-order valence-corrected chi connectivity index (χ1v) is 7.33. The Bertz CT molecular complexity index is 740. The third-order valence-electron chi connectivity index (χ3n) is 2.91. The fourth-order valence-electron chi connectivity index (χ4n) is 1.73. The number of aryl methyl sites for hydroxylation is 2. The summed E-state index contributed by atoms with van der Waals surface area (Å²) in [6.45, 7) is 1.66. The molecule has 0 radical (unpaired) electrons. The first-order valence-electron chi connectivity index (χ1n) is 5.85. The fourth-order valence-corrected chi connectivity index (χ4v) is 2.95. The lowest BCUT2D eigenvalue weighted by Gasteiger charge is -2.10. The molecule has 6 nitrogen and oxygen atoms in total. The largest absolute Gasteiger partial charge is 0.326 e. The third kappa shape index (κ3) is 2.66. The molecule has 20 heavy (non-hydrogen) atoms. The molecule has 0 fully saturated rings. The van der Waals surface area contributed by atoms with Crippen LogP contribution in [0.25, 0.3) is 0 Å². The van der Waals surface area contributed by atoms with Gasteiger partial charge in [-0.15, -0.1) is 0 Å². The highest BCUT2D eigenvalue weighted by Gasteiger charge is 2.19. The number of nitrogens with two attached hydrogens (primary N) is 1. The van der Waals surface area contributed by atoms with Crippen LogP contribution in [0.1, 0.15) is 11.1 Å². The molecule has 0 saturated heterocycles. The zero-order valence-corrected chi connectivity index (χ0v) is 11.9. The normalized spacial score (nSPS) is 11.6. The van der Waals surface area contributed by atoms with Gasteiger partial charge in [0.15, 0.2) is 0 Å². The topological polar surface area (TPSA) is 90.0 Å². The second-order valence-electron chi connectivity index (χ2n) is 4.36. The molecule has 0 aliphatic rings. The summed E-state index contributed by atoms with van der Waals surface area (Å²) in [5.74, 6) is -0.151. The molecule has 0 aliphatic heterocycles. The molecule has 0 atom stereocenters. The van der Waals surface area contributed by atoms with E-state index < -0.39 is 15.8 Å². The van der Waals surface area contributed by atoms with Crippen LogP contribution in [0.2, 0.25) is 0 Å². The van der Waals surface area contributed by atoms with Crippen LogP contribution in [0.5, 0.6) is 0 Å². The Kier molecular flexibility index (Phi) is 3.78. The van der Waals surface area contributed by atoms with Crippen LogP contribution in [-0.2, 0) is 23.6 Å². The third-order valence-corrected chi connectivity index (χ3v) is 4.24. The zero-order chi connectivity index (χ0) is 14.9. The van der Waals surface area contributed by atoms with Crippen LogP contribution in [0.15, 0.2) is 29.3 Å². The number of anilines is 1. The number of halogens is 1. The Balaban J connectivity index is 2.40. The van der Waals surface area contributed by atoms with Gasteiger partial charge in [0, 0.05) is 19.2 Å². The van der Waals surface area contributed by atoms with E-state index in [1.165, 1.54) is 29.9 Å². The second-order valence-corrected chi connectivity index (χ2v) is 6.05. The van der Waals surface area contributed by atoms with Gasteiger partial charge < -0.3 is 5.73 Å². The summed E-state index contributed by atoms with van der Waals surface area (Å²) in [7, 11) is -2.21. The second kappa shape index (κ2) is 5.22. The molecule has 1 heterocycles. The summed E-state index contributed by atoms with van der Waals surface area (Å²) in [4.78, 5) is -0.0134. The highest BCUT2D eigenvalue weighted by molar-refractivity contribution is 7.92. The maximum atomic E-state index is 13.2. The van der Waals surface area contributed by atoms with E-state index in [4.69, 9.17) is 5.73 Å². The van der Waals surface area contributed by atoms with E-state index in [1.807, 2.05) is 0 Å². The average molecular weight is 298 g/mol. The van der Waals surface area contributed by atoms with Crippen LogP contribution in [0, 0.1) is 12.7 Å². The average Bonchev–Trinajstić information content (AvgIpc) is 2.73. The molecule has 1 aromatic carbocycles. The Morgan fingerprint density at radius 1 is 1.45 bits per heavy atom. The van der Waals surface area contributed by atoms with Gasteiger partial charge in [-0.25, -0.2) is 12.8 Å². The maximum absolute atomic E-state index is 13.2. The molecule has 0 bridgehead atoms. The lowest BCUT2D eigenvalue weighted by Crippen LogP contribution is -2.17. The smallest absolute Gasteiger partial charge is 0.263 e. The number of nitrogens with one attached hydrogen (secondary N) is 1. The predicted octanol–water partition coefficient (Wildman–Crippen LogP) is 1.13. The lowest BCUT2D eigenvalue weighted by molar-refractivity contribution is 0.597. The number of benzene rings is 1. The minimum atomic E-state index is -3.81. The summed E-state index contributed by atoms with van der Waals surface area (Å²) in [5.41, 5.74) is 6.37. The highest BCUT2D eigenvalue weighted by atomic mass is 32.2. The Labute approximate surface area is 116 Å². The van der Waals surface area contributed by atoms with Crippen LogP contribution in [-0.4, -0.2) is 18.2 Å². The van der Waals surface area contributed by atoms with E-state index in [9.17, 15) is 12.8 Å². The number of hydrogen-bond donors (Lipinski definition) is 2. The molecule has 0 unspecified atom stereocenters. The standard InChI is InChI=1S/C12H15FN4O2S/c1-8-5-10(3-4-11(8)13)20(18,19)16-12-9(6-14)7-15-17(12)2/h3-5,7,16H,6,14H2,1-2H3. The minimum Gasteiger partial charge on any atom is -0.326 e. The molecule has 0 amide bonds. The van der Waals surface area contributed by atoms with Gasteiger partial charge in [-0.05, 0) is 30.7 Å². The molecule has 0 saturated carbocycles. The summed E-state index contributed by atoms with van der Waals surface area (Å²) >= 11 is 0. The van der Waals surface area contributed by atoms with Crippen molar-refractivity contribution in [1.29, 1.82) is 0 Å². The van der Waals surface area contributed by atoms with Crippen LogP contribution < -0.4 is 10.5 Å². The molecule has 108 valence electrons. The van der Waals surface area contributed by atoms with Gasteiger partial charge in [0.2, 0.25) is 0 Å². The van der Waals surface area contributed by atoms with Crippen molar-refractivity contribution in [3.63, 3.8) is 0 Å². The number of rotatable bonds is 4. The molecule has 2 rings (SSSR count). The van der Waals surface area contributed by atoms with Crippen molar-refractivity contribution < 1.29 is 12.8 Å². The zero-order valence-electron chi connectivity index (χ0n) is 11.1. The van der Waals surface area contributed by atoms with Gasteiger partial charge in [0.1, 0.15) is 11.6 Å². The molecule has 3 N–H and O–H groups in total. The van der Waals surface area contributed by atoms with Gasteiger partial charge in [-0.1, -0.05) is 0 Å². The van der Waals surface area contributed by atoms with Crippen molar-refractivity contribution >= 4 is 15.8 Å². The fraction of sp³-hybridized carbons (Fsp3) is 0.250. The van der Waals surface area contributed by atoms with Crippen LogP contribution in [0.3, 0.4) is 0 Å². The maximum Gasteiger partial charge on any atom is 0.263 e. The van der Waals surface area contributed by atoms with Crippen LogP contribution >= 0.6 is 0 Å². The molecule has 0 aliphatic carbocycles. The Morgan fingerprint density at radius 2 is 2.15 bits per heavy atom. The summed E-state index contributed by atoms with van der Waals surface area (Å²) in [5, 5.41) is 3.95. The first-order chi connectivity index (χ1) is 9.35. The lowest BCUT2D eigenvalue weighted by atomic mass is 10.2. The first kappa shape index (κ1) is 14.5. The monoisotopic (exact) mass is 298 g/mol. The van der Waals surface area contributed by atoms with Crippen molar-refractivity contribution in [2.45, 2.75) is 18.4 Å². The number of aromatic nitrogens is 2. The van der Waals surface area contributed by atoms with E-state index in [0.717, 1.165) is 6.07 Å². The molecule has 0 spiro atoms. The summed E-state index contributed by atoms with van der Waals surface area (Å²) < 4.78 is 41.5. The van der Waals surface area contributed by atoms with Gasteiger partial charge in [0.05, 0.1) is 11.1 Å². The van der Waals surface area contributed by atoms with Gasteiger partial charge in [0.25, 0.3) is 10.0 Å². The number of sulfonamides is 1. The van der Waals surface area contributed by atoms with Gasteiger partial charge in [-0.3, -0.25) is 9.40 Å². The summed E-state index contributed by atoms with van der Waals surface area (Å²) in [6, 6.07) is 3.61. The van der Waals surface area contributed by atoms with Crippen LogP contribution in [0.4, 0.5) is 10.2 Å². The number of hydrogen-bond acceptors (Lipinski definition) is 4. The summed E-state index contributed by atoms with van der Waals surface area (Å²) in [6.07, 6.45) is 1.49. The highest BCUT2D eigenvalue weighted by Crippen LogP contribution is 2.20. The van der Waals surface area contributed by atoms with E-state index >= 15 is 0 Å². The molecule has 2 aromatic rings. The molecule has 1 aromatic heterocycles. The molecular weight excluding hydrogens is 283 g/mol.